The summed E-state index contributed by atoms with van der Waals surface area (Å²) in [6, 6.07) is 10.6. The van der Waals surface area contributed by atoms with E-state index in [-0.39, 0.29) is 23.7 Å². The summed E-state index contributed by atoms with van der Waals surface area (Å²) in [6.07, 6.45) is 1.75. The van der Waals surface area contributed by atoms with Gasteiger partial charge in [-0.2, -0.15) is 0 Å². The zero-order valence-corrected chi connectivity index (χ0v) is 14.4. The van der Waals surface area contributed by atoms with Crippen LogP contribution in [0, 0.1) is 0 Å². The minimum Gasteiger partial charge on any atom is -0.375 e. The molecule has 1 aromatic carbocycles. The van der Waals surface area contributed by atoms with Gasteiger partial charge in [0.2, 0.25) is 0 Å². The summed E-state index contributed by atoms with van der Waals surface area (Å²) in [6.45, 7) is 7.02. The molecular weight excluding hydrogens is 276 g/mol. The van der Waals surface area contributed by atoms with E-state index >= 15 is 0 Å². The van der Waals surface area contributed by atoms with Gasteiger partial charge in [0.25, 0.3) is 0 Å². The number of rotatable bonds is 3. The topological polar surface area (TPSA) is 32.8 Å². The van der Waals surface area contributed by atoms with Gasteiger partial charge in [-0.3, -0.25) is 0 Å². The van der Waals surface area contributed by atoms with Crippen molar-refractivity contribution in [1.29, 1.82) is 0 Å². The first-order valence-electron chi connectivity index (χ1n) is 8.00. The summed E-state index contributed by atoms with van der Waals surface area (Å²) in [5.41, 5.74) is 0.992. The number of urea groups is 1. The van der Waals surface area contributed by atoms with Crippen LogP contribution in [0.2, 0.25) is 0 Å². The maximum atomic E-state index is 12.8. The van der Waals surface area contributed by atoms with Gasteiger partial charge in [-0.25, -0.2) is 4.79 Å². The Morgan fingerprint density at radius 2 is 1.91 bits per heavy atom. The molecule has 0 spiro atoms. The van der Waals surface area contributed by atoms with Gasteiger partial charge in [0, 0.05) is 26.7 Å². The lowest BCUT2D eigenvalue weighted by Gasteiger charge is -2.44. The van der Waals surface area contributed by atoms with Gasteiger partial charge in [0.15, 0.2) is 0 Å². The molecule has 0 aromatic heterocycles. The number of carbonyl (C=O) groups is 1. The molecule has 0 saturated carbocycles. The maximum absolute atomic E-state index is 12.8. The number of benzene rings is 1. The molecule has 2 atom stereocenters. The molecule has 22 heavy (non-hydrogen) atoms. The Balaban J connectivity index is 2.28. The van der Waals surface area contributed by atoms with E-state index in [1.54, 1.807) is 4.90 Å². The fraction of sp³-hybridized carbons (Fsp3) is 0.611. The van der Waals surface area contributed by atoms with Crippen molar-refractivity contribution < 1.29 is 9.53 Å². The number of hydrogen-bond donors (Lipinski definition) is 0. The van der Waals surface area contributed by atoms with Crippen molar-refractivity contribution >= 4 is 6.03 Å². The van der Waals surface area contributed by atoms with Crippen molar-refractivity contribution in [3.8, 4) is 0 Å². The SMILES string of the molecule is C[C@@H](c1ccccc1)N(C(=O)N(C)C)[C@H]1CCOC(C)(C)C1. The van der Waals surface area contributed by atoms with E-state index < -0.39 is 0 Å². The van der Waals surface area contributed by atoms with Gasteiger partial charge in [-0.05, 0) is 39.2 Å². The molecule has 0 bridgehead atoms. The Morgan fingerprint density at radius 3 is 2.45 bits per heavy atom. The molecular formula is C18H28N2O2. The molecule has 1 aliphatic rings. The highest BCUT2D eigenvalue weighted by molar-refractivity contribution is 5.74. The lowest BCUT2D eigenvalue weighted by atomic mass is 9.91. The Morgan fingerprint density at radius 1 is 1.27 bits per heavy atom. The van der Waals surface area contributed by atoms with E-state index in [4.69, 9.17) is 4.74 Å². The van der Waals surface area contributed by atoms with Crippen molar-refractivity contribution in [2.75, 3.05) is 20.7 Å². The van der Waals surface area contributed by atoms with Crippen LogP contribution in [0.15, 0.2) is 30.3 Å². The third-order valence-corrected chi connectivity index (χ3v) is 4.37. The van der Waals surface area contributed by atoms with Crippen molar-refractivity contribution in [3.05, 3.63) is 35.9 Å². The molecule has 122 valence electrons. The monoisotopic (exact) mass is 304 g/mol. The fourth-order valence-corrected chi connectivity index (χ4v) is 3.20. The Bertz CT molecular complexity index is 499. The summed E-state index contributed by atoms with van der Waals surface area (Å²) < 4.78 is 5.82. The first-order valence-corrected chi connectivity index (χ1v) is 8.00. The minimum atomic E-state index is -0.176. The van der Waals surface area contributed by atoms with Crippen molar-refractivity contribution in [3.63, 3.8) is 0 Å². The van der Waals surface area contributed by atoms with Gasteiger partial charge < -0.3 is 14.5 Å². The summed E-state index contributed by atoms with van der Waals surface area (Å²) in [4.78, 5) is 16.5. The van der Waals surface area contributed by atoms with E-state index in [1.807, 2.05) is 37.2 Å². The van der Waals surface area contributed by atoms with E-state index in [0.29, 0.717) is 6.61 Å². The molecule has 0 unspecified atom stereocenters. The highest BCUT2D eigenvalue weighted by Gasteiger charge is 2.37. The minimum absolute atomic E-state index is 0.0509. The van der Waals surface area contributed by atoms with Crippen LogP contribution in [0.5, 0.6) is 0 Å². The quantitative estimate of drug-likeness (QED) is 0.853. The standard InChI is InChI=1S/C18H28N2O2/c1-14(15-9-7-6-8-10-15)20(17(21)19(4)5)16-11-12-22-18(2,3)13-16/h6-10,14,16H,11-13H2,1-5H3/t14-,16-/m0/s1. The van der Waals surface area contributed by atoms with E-state index in [0.717, 1.165) is 12.8 Å². The number of nitrogens with zero attached hydrogens (tertiary/aromatic N) is 2. The highest BCUT2D eigenvalue weighted by Crippen LogP contribution is 2.33. The summed E-state index contributed by atoms with van der Waals surface area (Å²) in [5, 5.41) is 0. The zero-order valence-electron chi connectivity index (χ0n) is 14.4. The molecule has 1 fully saturated rings. The number of amides is 2. The molecule has 1 aliphatic heterocycles. The molecule has 0 aliphatic carbocycles. The van der Waals surface area contributed by atoms with Gasteiger partial charge in [0.05, 0.1) is 11.6 Å². The van der Waals surface area contributed by atoms with Gasteiger partial charge in [-0.15, -0.1) is 0 Å². The lowest BCUT2D eigenvalue weighted by Crippen LogP contribution is -2.52. The molecule has 0 radical (unpaired) electrons. The molecule has 4 heteroatoms. The second-order valence-corrected chi connectivity index (χ2v) is 6.93. The highest BCUT2D eigenvalue weighted by atomic mass is 16.5. The van der Waals surface area contributed by atoms with E-state index in [2.05, 4.69) is 32.9 Å². The normalized spacial score (nSPS) is 22.0. The molecule has 2 amide bonds. The predicted molar refractivity (Wildman–Crippen MR) is 88.8 cm³/mol. The lowest BCUT2D eigenvalue weighted by molar-refractivity contribution is -0.0820. The average molecular weight is 304 g/mol. The third kappa shape index (κ3) is 3.80. The molecule has 1 heterocycles. The number of hydrogen-bond acceptors (Lipinski definition) is 2. The van der Waals surface area contributed by atoms with Crippen LogP contribution in [0.3, 0.4) is 0 Å². The smallest absolute Gasteiger partial charge is 0.320 e. The van der Waals surface area contributed by atoms with Crippen molar-refractivity contribution in [2.45, 2.75) is 51.3 Å². The van der Waals surface area contributed by atoms with Crippen LogP contribution in [-0.4, -0.2) is 48.2 Å². The van der Waals surface area contributed by atoms with Crippen molar-refractivity contribution in [1.82, 2.24) is 9.80 Å². The van der Waals surface area contributed by atoms with Crippen LogP contribution < -0.4 is 0 Å². The molecule has 0 N–H and O–H groups in total. The van der Waals surface area contributed by atoms with Crippen LogP contribution in [0.4, 0.5) is 4.79 Å². The fourth-order valence-electron chi connectivity index (χ4n) is 3.20. The largest absolute Gasteiger partial charge is 0.375 e. The molecule has 1 saturated heterocycles. The molecule has 4 nitrogen and oxygen atoms in total. The second-order valence-electron chi connectivity index (χ2n) is 6.93. The first kappa shape index (κ1) is 16.8. The van der Waals surface area contributed by atoms with Crippen LogP contribution in [0.1, 0.15) is 45.2 Å². The molecule has 1 aromatic rings. The Labute approximate surface area is 134 Å². The van der Waals surface area contributed by atoms with Gasteiger partial charge in [0.1, 0.15) is 0 Å². The van der Waals surface area contributed by atoms with Crippen LogP contribution in [-0.2, 0) is 4.74 Å². The average Bonchev–Trinajstić information content (AvgIpc) is 2.47. The first-order chi connectivity index (χ1) is 10.3. The summed E-state index contributed by atoms with van der Waals surface area (Å²) in [7, 11) is 3.63. The number of ether oxygens (including phenoxy) is 1. The Hall–Kier alpha value is -1.55. The molecule has 2 rings (SSSR count). The summed E-state index contributed by atoms with van der Waals surface area (Å²) >= 11 is 0. The van der Waals surface area contributed by atoms with E-state index in [9.17, 15) is 4.79 Å². The Kier molecular flexibility index (Phi) is 5.12. The van der Waals surface area contributed by atoms with E-state index in [1.165, 1.54) is 5.56 Å². The second kappa shape index (κ2) is 6.69. The predicted octanol–water partition coefficient (Wildman–Crippen LogP) is 3.69. The van der Waals surface area contributed by atoms with Crippen LogP contribution >= 0.6 is 0 Å². The van der Waals surface area contributed by atoms with Crippen LogP contribution in [0.25, 0.3) is 0 Å². The van der Waals surface area contributed by atoms with Gasteiger partial charge in [-0.1, -0.05) is 30.3 Å². The summed E-state index contributed by atoms with van der Waals surface area (Å²) in [5.74, 6) is 0. The third-order valence-electron chi connectivity index (χ3n) is 4.37. The zero-order chi connectivity index (χ0) is 16.3. The van der Waals surface area contributed by atoms with Crippen molar-refractivity contribution in [2.24, 2.45) is 0 Å². The maximum Gasteiger partial charge on any atom is 0.320 e. The number of carbonyl (C=O) groups excluding carboxylic acids is 1. The van der Waals surface area contributed by atoms with Gasteiger partial charge >= 0.3 is 6.03 Å².